The van der Waals surface area contributed by atoms with Gasteiger partial charge in [-0.2, -0.15) is 0 Å². The second-order valence-electron chi connectivity index (χ2n) is 4.15. The number of Topliss-reactive ketones (excluding diaryl/α,β-unsaturated/α-hetero) is 1. The van der Waals surface area contributed by atoms with Crippen LogP contribution in [0.1, 0.15) is 26.2 Å². The Morgan fingerprint density at radius 1 is 1.53 bits per heavy atom. The Labute approximate surface area is 90.3 Å². The summed E-state index contributed by atoms with van der Waals surface area (Å²) in [6.45, 7) is 1.61. The fourth-order valence-corrected chi connectivity index (χ4v) is 1.98. The Balaban J connectivity index is 2.45. The molecule has 1 aliphatic rings. The van der Waals surface area contributed by atoms with Gasteiger partial charge in [-0.1, -0.05) is 0 Å². The van der Waals surface area contributed by atoms with Crippen molar-refractivity contribution in [1.29, 1.82) is 0 Å². The molecule has 0 aliphatic heterocycles. The van der Waals surface area contributed by atoms with Gasteiger partial charge in [0.25, 0.3) is 0 Å². The lowest BCUT2D eigenvalue weighted by atomic mass is 9.75. The maximum atomic E-state index is 11.2. The van der Waals surface area contributed by atoms with Gasteiger partial charge in [-0.15, -0.1) is 0 Å². The molecule has 1 rings (SSSR count). The molecule has 0 radical (unpaired) electrons. The Bertz CT molecular complexity index is 260. The minimum Gasteiger partial charge on any atom is -0.370 e. The third kappa shape index (κ3) is 3.20. The third-order valence-corrected chi connectivity index (χ3v) is 3.07. The fraction of sp³-hybridized carbons (Fsp3) is 0.800. The average Bonchev–Trinajstić information content (AvgIpc) is 2.13. The summed E-state index contributed by atoms with van der Waals surface area (Å²) >= 11 is 0. The maximum absolute atomic E-state index is 11.2. The van der Waals surface area contributed by atoms with Crippen LogP contribution in [0.15, 0.2) is 4.99 Å². The molecular formula is C10H20N4O. The average molecular weight is 212 g/mol. The van der Waals surface area contributed by atoms with E-state index >= 15 is 0 Å². The van der Waals surface area contributed by atoms with Gasteiger partial charge in [0, 0.05) is 0 Å². The van der Waals surface area contributed by atoms with Crippen molar-refractivity contribution in [3.8, 4) is 0 Å². The van der Waals surface area contributed by atoms with E-state index < -0.39 is 0 Å². The lowest BCUT2D eigenvalue weighted by Gasteiger charge is -2.35. The highest BCUT2D eigenvalue weighted by Gasteiger charge is 2.33. The molecule has 0 saturated heterocycles. The monoisotopic (exact) mass is 212 g/mol. The highest BCUT2D eigenvalue weighted by atomic mass is 16.1. The minimum absolute atomic E-state index is 0.0630. The summed E-state index contributed by atoms with van der Waals surface area (Å²) in [5.41, 5.74) is 10.7. The van der Waals surface area contributed by atoms with Crippen LogP contribution in [-0.2, 0) is 4.79 Å². The van der Waals surface area contributed by atoms with E-state index in [1.165, 1.54) is 0 Å². The topological polar surface area (TPSA) is 93.5 Å². The standard InChI is InChI=1S/C10H20N4O/c1-6(15)9(13-2)5-7-3-4-8(7)14-10(11)12/h7-9,13H,3-5H2,1-2H3,(H4,11,12,14)/t7?,8?,9-/m0/s1. The normalized spacial score (nSPS) is 26.5. The Kier molecular flexibility index (Phi) is 4.08. The summed E-state index contributed by atoms with van der Waals surface area (Å²) in [6.07, 6.45) is 2.96. The molecule has 1 aliphatic carbocycles. The number of hydrogen-bond donors (Lipinski definition) is 3. The smallest absolute Gasteiger partial charge is 0.186 e. The number of carbonyl (C=O) groups excluding carboxylic acids is 1. The minimum atomic E-state index is -0.0630. The number of hydrogen-bond acceptors (Lipinski definition) is 3. The van der Waals surface area contributed by atoms with E-state index in [-0.39, 0.29) is 23.8 Å². The molecule has 5 heteroatoms. The van der Waals surface area contributed by atoms with E-state index in [1.807, 2.05) is 0 Å². The van der Waals surface area contributed by atoms with E-state index in [0.717, 1.165) is 19.3 Å². The summed E-state index contributed by atoms with van der Waals surface area (Å²) in [5.74, 6) is 0.759. The second kappa shape index (κ2) is 5.11. The molecular weight excluding hydrogens is 192 g/mol. The van der Waals surface area contributed by atoms with Crippen molar-refractivity contribution in [2.24, 2.45) is 22.4 Å². The van der Waals surface area contributed by atoms with Gasteiger partial charge in [0.1, 0.15) is 5.78 Å². The summed E-state index contributed by atoms with van der Waals surface area (Å²) < 4.78 is 0. The van der Waals surface area contributed by atoms with Crippen molar-refractivity contribution in [2.45, 2.75) is 38.3 Å². The van der Waals surface area contributed by atoms with Crippen molar-refractivity contribution in [1.82, 2.24) is 5.32 Å². The van der Waals surface area contributed by atoms with Crippen LogP contribution < -0.4 is 16.8 Å². The Hall–Kier alpha value is -1.10. The van der Waals surface area contributed by atoms with Crippen molar-refractivity contribution in [3.05, 3.63) is 0 Å². The van der Waals surface area contributed by atoms with E-state index in [0.29, 0.717) is 5.92 Å². The van der Waals surface area contributed by atoms with Crippen molar-refractivity contribution >= 4 is 11.7 Å². The maximum Gasteiger partial charge on any atom is 0.186 e. The highest BCUT2D eigenvalue weighted by molar-refractivity contribution is 5.81. The van der Waals surface area contributed by atoms with Crippen LogP contribution in [0.4, 0.5) is 0 Å². The van der Waals surface area contributed by atoms with E-state index in [9.17, 15) is 4.79 Å². The molecule has 86 valence electrons. The summed E-state index contributed by atoms with van der Waals surface area (Å²) in [6, 6.07) is 0.150. The number of likely N-dealkylation sites (N-methyl/N-ethyl adjacent to an activating group) is 1. The van der Waals surface area contributed by atoms with Gasteiger partial charge in [-0.25, -0.2) is 0 Å². The van der Waals surface area contributed by atoms with Crippen LogP contribution in [0.5, 0.6) is 0 Å². The fourth-order valence-electron chi connectivity index (χ4n) is 1.98. The van der Waals surface area contributed by atoms with E-state index in [1.54, 1.807) is 14.0 Å². The van der Waals surface area contributed by atoms with Gasteiger partial charge >= 0.3 is 0 Å². The molecule has 0 aromatic heterocycles. The first-order valence-corrected chi connectivity index (χ1v) is 5.31. The predicted octanol–water partition coefficient (Wildman–Crippen LogP) is -0.394. The van der Waals surface area contributed by atoms with Gasteiger partial charge in [0.05, 0.1) is 12.1 Å². The summed E-state index contributed by atoms with van der Waals surface area (Å²) in [5, 5.41) is 3.01. The molecule has 0 bridgehead atoms. The molecule has 0 spiro atoms. The van der Waals surface area contributed by atoms with Gasteiger partial charge in [0.15, 0.2) is 5.96 Å². The number of nitrogens with one attached hydrogen (secondary N) is 1. The Morgan fingerprint density at radius 2 is 2.20 bits per heavy atom. The SMILES string of the molecule is CN[C@@H](CC1CCC1N=C(N)N)C(C)=O. The molecule has 0 heterocycles. The summed E-state index contributed by atoms with van der Waals surface area (Å²) in [7, 11) is 1.81. The first-order valence-electron chi connectivity index (χ1n) is 5.31. The molecule has 1 fully saturated rings. The summed E-state index contributed by atoms with van der Waals surface area (Å²) in [4.78, 5) is 15.4. The Morgan fingerprint density at radius 3 is 2.53 bits per heavy atom. The van der Waals surface area contributed by atoms with Crippen molar-refractivity contribution in [2.75, 3.05) is 7.05 Å². The number of rotatable bonds is 5. The zero-order chi connectivity index (χ0) is 11.4. The molecule has 0 aromatic rings. The predicted molar refractivity (Wildman–Crippen MR) is 60.5 cm³/mol. The third-order valence-electron chi connectivity index (χ3n) is 3.07. The van der Waals surface area contributed by atoms with Gasteiger partial charge in [-0.05, 0) is 39.2 Å². The zero-order valence-corrected chi connectivity index (χ0v) is 9.36. The van der Waals surface area contributed by atoms with Crippen LogP contribution in [0.3, 0.4) is 0 Å². The van der Waals surface area contributed by atoms with Crippen molar-refractivity contribution < 1.29 is 4.79 Å². The number of nitrogens with two attached hydrogens (primary N) is 2. The number of ketones is 1. The first kappa shape index (κ1) is 12.0. The number of carbonyl (C=O) groups is 1. The van der Waals surface area contributed by atoms with Gasteiger partial charge in [0.2, 0.25) is 0 Å². The van der Waals surface area contributed by atoms with E-state index in [2.05, 4.69) is 10.3 Å². The molecule has 1 saturated carbocycles. The second-order valence-corrected chi connectivity index (χ2v) is 4.15. The first-order chi connectivity index (χ1) is 7.04. The van der Waals surface area contributed by atoms with E-state index in [4.69, 9.17) is 11.5 Å². The molecule has 0 amide bonds. The molecule has 5 N–H and O–H groups in total. The van der Waals surface area contributed by atoms with Crippen molar-refractivity contribution in [3.63, 3.8) is 0 Å². The van der Waals surface area contributed by atoms with Crippen LogP contribution in [-0.4, -0.2) is 30.9 Å². The van der Waals surface area contributed by atoms with Gasteiger partial charge in [-0.3, -0.25) is 9.79 Å². The molecule has 2 unspecified atom stereocenters. The van der Waals surface area contributed by atoms with Gasteiger partial charge < -0.3 is 16.8 Å². The largest absolute Gasteiger partial charge is 0.370 e. The number of aliphatic imine (C=N–C) groups is 1. The van der Waals surface area contributed by atoms with Crippen LogP contribution in [0.25, 0.3) is 0 Å². The number of guanidine groups is 1. The highest BCUT2D eigenvalue weighted by Crippen LogP contribution is 2.34. The van der Waals surface area contributed by atoms with Crippen LogP contribution >= 0.6 is 0 Å². The van der Waals surface area contributed by atoms with Crippen LogP contribution in [0.2, 0.25) is 0 Å². The zero-order valence-electron chi connectivity index (χ0n) is 9.36. The molecule has 5 nitrogen and oxygen atoms in total. The lowest BCUT2D eigenvalue weighted by molar-refractivity contribution is -0.119. The molecule has 0 aromatic carbocycles. The lowest BCUT2D eigenvalue weighted by Crippen LogP contribution is -2.41. The quantitative estimate of drug-likeness (QED) is 0.427. The molecule has 15 heavy (non-hydrogen) atoms. The number of nitrogens with zero attached hydrogens (tertiary/aromatic N) is 1. The van der Waals surface area contributed by atoms with Crippen LogP contribution in [0, 0.1) is 5.92 Å². The molecule has 3 atom stereocenters.